The predicted molar refractivity (Wildman–Crippen MR) is 106 cm³/mol. The summed E-state index contributed by atoms with van der Waals surface area (Å²) in [5, 5.41) is 13.4. The second-order valence-corrected chi connectivity index (χ2v) is 8.20. The van der Waals surface area contributed by atoms with Gasteiger partial charge in [0.2, 0.25) is 0 Å². The van der Waals surface area contributed by atoms with E-state index in [4.69, 9.17) is 0 Å². The quantitative estimate of drug-likeness (QED) is 0.420. The number of amides is 1. The summed E-state index contributed by atoms with van der Waals surface area (Å²) < 4.78 is 14.5. The highest BCUT2D eigenvalue weighted by Crippen LogP contribution is 2.37. The summed E-state index contributed by atoms with van der Waals surface area (Å²) in [4.78, 5) is 29.7. The maximum atomic E-state index is 13.8. The summed E-state index contributed by atoms with van der Waals surface area (Å²) in [6.45, 7) is 1.91. The first kappa shape index (κ1) is 20.0. The van der Waals surface area contributed by atoms with Crippen LogP contribution in [0.15, 0.2) is 57.1 Å². The van der Waals surface area contributed by atoms with Gasteiger partial charge in [-0.2, -0.15) is 0 Å². The summed E-state index contributed by atoms with van der Waals surface area (Å²) in [5.41, 5.74) is 1.23. The van der Waals surface area contributed by atoms with Gasteiger partial charge in [0.15, 0.2) is 4.34 Å². The number of halogens is 1. The molecule has 0 fully saturated rings. The molecule has 28 heavy (non-hydrogen) atoms. The van der Waals surface area contributed by atoms with Gasteiger partial charge in [-0.15, -0.1) is 11.3 Å². The minimum absolute atomic E-state index is 0.0637. The molecule has 0 atom stereocenters. The van der Waals surface area contributed by atoms with E-state index in [1.54, 1.807) is 24.3 Å². The molecule has 1 aromatic heterocycles. The van der Waals surface area contributed by atoms with Crippen molar-refractivity contribution in [3.8, 4) is 0 Å². The van der Waals surface area contributed by atoms with E-state index in [1.807, 2.05) is 12.3 Å². The normalized spacial score (nSPS) is 10.7. The number of aromatic nitrogens is 1. The molecule has 3 rings (SSSR count). The van der Waals surface area contributed by atoms with Crippen molar-refractivity contribution in [3.05, 3.63) is 80.6 Å². The maximum Gasteiger partial charge on any atom is 0.284 e. The Labute approximate surface area is 169 Å². The summed E-state index contributed by atoms with van der Waals surface area (Å²) in [6, 6.07) is 10.5. The second-order valence-electron chi connectivity index (χ2n) is 6.05. The van der Waals surface area contributed by atoms with Crippen LogP contribution in [0.4, 0.5) is 10.1 Å². The maximum absolute atomic E-state index is 13.8. The van der Waals surface area contributed by atoms with Crippen molar-refractivity contribution < 1.29 is 14.1 Å². The first-order valence-corrected chi connectivity index (χ1v) is 9.92. The Bertz CT molecular complexity index is 1040. The minimum atomic E-state index is -0.517. The van der Waals surface area contributed by atoms with Crippen molar-refractivity contribution in [1.82, 2.24) is 9.88 Å². The molecular weight excluding hydrogens is 401 g/mol. The van der Waals surface area contributed by atoms with Crippen molar-refractivity contribution in [2.75, 3.05) is 7.05 Å². The average Bonchev–Trinajstić information content (AvgIpc) is 3.07. The van der Waals surface area contributed by atoms with E-state index in [9.17, 15) is 19.3 Å². The number of rotatable bonds is 6. The van der Waals surface area contributed by atoms with Crippen LogP contribution < -0.4 is 0 Å². The largest absolute Gasteiger partial charge is 0.337 e. The van der Waals surface area contributed by atoms with Gasteiger partial charge in [-0.3, -0.25) is 14.9 Å². The van der Waals surface area contributed by atoms with Crippen LogP contribution in [0.1, 0.15) is 21.6 Å². The van der Waals surface area contributed by atoms with Crippen LogP contribution in [0.25, 0.3) is 0 Å². The standard InChI is InChI=1S/C19H16FN3O3S2/c1-12-11-27-19(21-12)28-17-8-7-13(9-16(17)23(25)26)18(24)22(2)10-14-5-3-4-6-15(14)20/h3-9,11H,10H2,1-2H3. The van der Waals surface area contributed by atoms with Gasteiger partial charge in [-0.1, -0.05) is 30.0 Å². The molecular formula is C19H16FN3O3S2. The van der Waals surface area contributed by atoms with Crippen molar-refractivity contribution >= 4 is 34.7 Å². The van der Waals surface area contributed by atoms with Crippen LogP contribution in [0.3, 0.4) is 0 Å². The second kappa shape index (κ2) is 8.49. The van der Waals surface area contributed by atoms with Gasteiger partial charge in [-0.25, -0.2) is 9.37 Å². The number of hydrogen-bond donors (Lipinski definition) is 0. The summed E-state index contributed by atoms with van der Waals surface area (Å²) in [7, 11) is 1.53. The molecule has 0 saturated heterocycles. The highest BCUT2D eigenvalue weighted by atomic mass is 32.2. The molecule has 0 spiro atoms. The van der Waals surface area contributed by atoms with E-state index in [0.717, 1.165) is 5.69 Å². The summed E-state index contributed by atoms with van der Waals surface area (Å²) >= 11 is 2.59. The predicted octanol–water partition coefficient (Wildman–Crippen LogP) is 4.92. The van der Waals surface area contributed by atoms with Crippen LogP contribution in [-0.2, 0) is 6.54 Å². The molecule has 0 N–H and O–H groups in total. The fourth-order valence-corrected chi connectivity index (χ4v) is 4.41. The number of carbonyl (C=O) groups is 1. The Morgan fingerprint density at radius 2 is 2.07 bits per heavy atom. The number of thiazole rings is 1. The van der Waals surface area contributed by atoms with Gasteiger partial charge in [0.1, 0.15) is 5.82 Å². The summed E-state index contributed by atoms with van der Waals surface area (Å²) in [6.07, 6.45) is 0. The van der Waals surface area contributed by atoms with Crippen LogP contribution in [0, 0.1) is 22.9 Å². The molecule has 0 unspecified atom stereocenters. The zero-order valence-corrected chi connectivity index (χ0v) is 16.7. The monoisotopic (exact) mass is 417 g/mol. The van der Waals surface area contributed by atoms with Gasteiger partial charge in [0.05, 0.1) is 9.82 Å². The molecule has 3 aromatic rings. The van der Waals surface area contributed by atoms with E-state index < -0.39 is 16.6 Å². The highest BCUT2D eigenvalue weighted by Gasteiger charge is 2.21. The molecule has 0 aliphatic rings. The van der Waals surface area contributed by atoms with Gasteiger partial charge in [0, 0.05) is 41.9 Å². The Hall–Kier alpha value is -2.78. The first-order chi connectivity index (χ1) is 13.3. The van der Waals surface area contributed by atoms with Crippen molar-refractivity contribution in [1.29, 1.82) is 0 Å². The van der Waals surface area contributed by atoms with Gasteiger partial charge in [0.25, 0.3) is 11.6 Å². The Balaban J connectivity index is 1.83. The zero-order valence-electron chi connectivity index (χ0n) is 15.1. The van der Waals surface area contributed by atoms with E-state index in [0.29, 0.717) is 14.8 Å². The third-order valence-corrected chi connectivity index (χ3v) is 6.03. The van der Waals surface area contributed by atoms with E-state index in [2.05, 4.69) is 4.98 Å². The number of hydrogen-bond acceptors (Lipinski definition) is 6. The fourth-order valence-electron chi connectivity index (χ4n) is 2.53. The number of aryl methyl sites for hydroxylation is 1. The molecule has 9 heteroatoms. The topological polar surface area (TPSA) is 76.3 Å². The lowest BCUT2D eigenvalue weighted by molar-refractivity contribution is -0.387. The molecule has 144 valence electrons. The number of nitro groups is 1. The lowest BCUT2D eigenvalue weighted by Crippen LogP contribution is -2.26. The van der Waals surface area contributed by atoms with Gasteiger partial charge >= 0.3 is 0 Å². The zero-order chi connectivity index (χ0) is 20.3. The van der Waals surface area contributed by atoms with Crippen LogP contribution in [0.5, 0.6) is 0 Å². The molecule has 0 bridgehead atoms. The van der Waals surface area contributed by atoms with Crippen molar-refractivity contribution in [2.24, 2.45) is 0 Å². The first-order valence-electron chi connectivity index (χ1n) is 8.22. The summed E-state index contributed by atoms with van der Waals surface area (Å²) in [5.74, 6) is -0.827. The smallest absolute Gasteiger partial charge is 0.284 e. The van der Waals surface area contributed by atoms with E-state index >= 15 is 0 Å². The lowest BCUT2D eigenvalue weighted by atomic mass is 10.1. The van der Waals surface area contributed by atoms with Crippen molar-refractivity contribution in [3.63, 3.8) is 0 Å². The SMILES string of the molecule is Cc1csc(Sc2ccc(C(=O)N(C)Cc3ccccc3F)cc2[N+](=O)[O-])n1. The molecule has 0 aliphatic heterocycles. The number of nitro benzene ring substituents is 1. The Morgan fingerprint density at radius 1 is 1.32 bits per heavy atom. The van der Waals surface area contributed by atoms with Crippen LogP contribution in [-0.4, -0.2) is 27.8 Å². The van der Waals surface area contributed by atoms with Crippen molar-refractivity contribution in [2.45, 2.75) is 22.7 Å². The molecule has 2 aromatic carbocycles. The number of carbonyl (C=O) groups excluding carboxylic acids is 1. The molecule has 0 aliphatic carbocycles. The van der Waals surface area contributed by atoms with Crippen LogP contribution >= 0.6 is 23.1 Å². The van der Waals surface area contributed by atoms with Gasteiger partial charge in [-0.05, 0) is 25.1 Å². The van der Waals surface area contributed by atoms with Gasteiger partial charge < -0.3 is 4.90 Å². The highest BCUT2D eigenvalue weighted by molar-refractivity contribution is 8.01. The fraction of sp³-hybridized carbons (Fsp3) is 0.158. The Morgan fingerprint density at radius 3 is 2.71 bits per heavy atom. The third kappa shape index (κ3) is 4.55. The van der Waals surface area contributed by atoms with Crippen LogP contribution in [0.2, 0.25) is 0 Å². The molecule has 0 saturated carbocycles. The molecule has 6 nitrogen and oxygen atoms in total. The Kier molecular flexibility index (Phi) is 6.05. The number of benzene rings is 2. The number of nitrogens with zero attached hydrogens (tertiary/aromatic N) is 3. The third-order valence-electron chi connectivity index (χ3n) is 3.91. The average molecular weight is 417 g/mol. The molecule has 0 radical (unpaired) electrons. The van der Waals surface area contributed by atoms with E-state index in [1.165, 1.54) is 53.2 Å². The molecule has 1 heterocycles. The lowest BCUT2D eigenvalue weighted by Gasteiger charge is -2.18. The van der Waals surface area contributed by atoms with E-state index in [-0.39, 0.29) is 17.8 Å². The minimum Gasteiger partial charge on any atom is -0.337 e. The molecule has 1 amide bonds.